The lowest BCUT2D eigenvalue weighted by Crippen LogP contribution is -2.01. The van der Waals surface area contributed by atoms with E-state index in [1.807, 2.05) is 0 Å². The fourth-order valence-electron chi connectivity index (χ4n) is 2.07. The van der Waals surface area contributed by atoms with Gasteiger partial charge in [0.2, 0.25) is 0 Å². The van der Waals surface area contributed by atoms with Gasteiger partial charge in [-0.15, -0.1) is 10.2 Å². The minimum atomic E-state index is -1.14. The zero-order valence-electron chi connectivity index (χ0n) is 10.8. The van der Waals surface area contributed by atoms with Gasteiger partial charge in [0.15, 0.2) is 11.5 Å². The van der Waals surface area contributed by atoms with E-state index in [4.69, 9.17) is 16.7 Å². The van der Waals surface area contributed by atoms with Crippen LogP contribution < -0.4 is 0 Å². The number of aryl methyl sites for hydroxylation is 1. The van der Waals surface area contributed by atoms with Gasteiger partial charge in [-0.1, -0.05) is 23.7 Å². The summed E-state index contributed by atoms with van der Waals surface area (Å²) >= 11 is 6.00. The number of carboxylic acids is 1. The van der Waals surface area contributed by atoms with Crippen molar-refractivity contribution in [1.29, 1.82) is 0 Å². The van der Waals surface area contributed by atoms with Crippen molar-refractivity contribution in [2.75, 3.05) is 0 Å². The second-order valence-electron chi connectivity index (χ2n) is 4.54. The first-order chi connectivity index (χ1) is 9.99. The number of carbonyl (C=O) groups is 1. The van der Waals surface area contributed by atoms with E-state index in [0.29, 0.717) is 5.56 Å². The molecular weight excluding hydrogens is 297 g/mol. The summed E-state index contributed by atoms with van der Waals surface area (Å²) in [6.45, 7) is 1.64. The van der Waals surface area contributed by atoms with E-state index in [1.54, 1.807) is 25.1 Å². The van der Waals surface area contributed by atoms with E-state index >= 15 is 0 Å². The summed E-state index contributed by atoms with van der Waals surface area (Å²) in [5.74, 6) is -1.36. The zero-order chi connectivity index (χ0) is 15.1. The molecule has 2 aromatic heterocycles. The number of carboxylic acid groups (broad SMARTS) is 1. The van der Waals surface area contributed by atoms with E-state index < -0.39 is 11.8 Å². The molecule has 1 N–H and O–H groups in total. The summed E-state index contributed by atoms with van der Waals surface area (Å²) in [5.41, 5.74) is 0.949. The molecule has 0 unspecified atom stereocenters. The molecule has 0 aliphatic rings. The van der Waals surface area contributed by atoms with Gasteiger partial charge in [-0.2, -0.15) is 0 Å². The molecule has 3 aromatic rings. The molecule has 106 valence electrons. The maximum Gasteiger partial charge on any atom is 0.337 e. The lowest BCUT2D eigenvalue weighted by molar-refractivity contribution is 0.0696. The van der Waals surface area contributed by atoms with E-state index in [1.165, 1.54) is 16.7 Å². The summed E-state index contributed by atoms with van der Waals surface area (Å²) in [6, 6.07) is 6.17. The number of nitrogens with zero attached hydrogens (tertiary/aromatic N) is 3. The number of rotatable bonds is 2. The molecule has 0 radical (unpaired) electrons. The highest BCUT2D eigenvalue weighted by Crippen LogP contribution is 2.26. The molecule has 0 amide bonds. The van der Waals surface area contributed by atoms with Crippen LogP contribution in [0.15, 0.2) is 30.5 Å². The van der Waals surface area contributed by atoms with Gasteiger partial charge in [0.05, 0.1) is 16.1 Å². The van der Waals surface area contributed by atoms with Crippen molar-refractivity contribution in [2.45, 2.75) is 6.92 Å². The third kappa shape index (κ3) is 2.13. The second kappa shape index (κ2) is 4.82. The highest BCUT2D eigenvalue weighted by atomic mass is 35.5. The van der Waals surface area contributed by atoms with Gasteiger partial charge < -0.3 is 5.11 Å². The first-order valence-corrected chi connectivity index (χ1v) is 6.40. The van der Waals surface area contributed by atoms with Crippen LogP contribution in [0.3, 0.4) is 0 Å². The van der Waals surface area contributed by atoms with Crippen LogP contribution >= 0.6 is 11.6 Å². The van der Waals surface area contributed by atoms with Gasteiger partial charge in [0.25, 0.3) is 0 Å². The largest absolute Gasteiger partial charge is 0.478 e. The monoisotopic (exact) mass is 305 g/mol. The van der Waals surface area contributed by atoms with Gasteiger partial charge in [0, 0.05) is 6.20 Å². The lowest BCUT2D eigenvalue weighted by atomic mass is 10.1. The minimum absolute atomic E-state index is 0.0263. The van der Waals surface area contributed by atoms with Crippen LogP contribution in [0.2, 0.25) is 5.02 Å². The van der Waals surface area contributed by atoms with Crippen molar-refractivity contribution < 1.29 is 14.3 Å². The Morgan fingerprint density at radius 2 is 2.14 bits per heavy atom. The molecule has 21 heavy (non-hydrogen) atoms. The normalized spacial score (nSPS) is 11.0. The highest BCUT2D eigenvalue weighted by molar-refractivity contribution is 6.33. The Morgan fingerprint density at radius 1 is 1.38 bits per heavy atom. The second-order valence-corrected chi connectivity index (χ2v) is 4.94. The number of aromatic carboxylic acids is 1. The molecule has 0 bridgehead atoms. The Labute approximate surface area is 123 Å². The number of hydrogen-bond donors (Lipinski definition) is 1. The predicted molar refractivity (Wildman–Crippen MR) is 75.1 cm³/mol. The molecule has 0 fully saturated rings. The third-order valence-corrected chi connectivity index (χ3v) is 3.42. The molecular formula is C14H9ClFN3O2. The van der Waals surface area contributed by atoms with E-state index in [9.17, 15) is 9.18 Å². The summed E-state index contributed by atoms with van der Waals surface area (Å²) < 4.78 is 15.6. The maximum absolute atomic E-state index is 14.2. The van der Waals surface area contributed by atoms with Crippen LogP contribution in [0.4, 0.5) is 4.39 Å². The van der Waals surface area contributed by atoms with E-state index in [0.717, 1.165) is 0 Å². The number of pyridine rings is 1. The number of benzene rings is 1. The molecule has 0 atom stereocenters. The Balaban J connectivity index is 2.33. The number of fused-ring (bicyclic) bond motifs is 1. The van der Waals surface area contributed by atoms with Crippen molar-refractivity contribution in [1.82, 2.24) is 14.6 Å². The standard InChI is InChI=1S/C14H9ClFN3O2/c1-7-3-2-4-9(11(7)16)12-17-18-13-10(15)5-8(14(20)21)6-19(12)13/h2-6H,1H3,(H,20,21). The van der Waals surface area contributed by atoms with Crippen molar-refractivity contribution in [3.8, 4) is 11.4 Å². The minimum Gasteiger partial charge on any atom is -0.478 e. The van der Waals surface area contributed by atoms with Crippen LogP contribution in [0.25, 0.3) is 17.0 Å². The zero-order valence-corrected chi connectivity index (χ0v) is 11.6. The molecule has 0 saturated heterocycles. The molecule has 0 spiro atoms. The fraction of sp³-hybridized carbons (Fsp3) is 0.0714. The number of hydrogen-bond acceptors (Lipinski definition) is 3. The molecule has 2 heterocycles. The molecule has 0 aliphatic carbocycles. The summed E-state index contributed by atoms with van der Waals surface area (Å²) in [6.07, 6.45) is 1.32. The van der Waals surface area contributed by atoms with Crippen LogP contribution in [0.1, 0.15) is 15.9 Å². The number of halogens is 2. The number of aromatic nitrogens is 3. The fourth-order valence-corrected chi connectivity index (χ4v) is 2.32. The summed E-state index contributed by atoms with van der Waals surface area (Å²) in [7, 11) is 0. The van der Waals surface area contributed by atoms with Crippen molar-refractivity contribution in [3.05, 3.63) is 52.4 Å². The van der Waals surface area contributed by atoms with Gasteiger partial charge in [-0.05, 0) is 24.6 Å². The molecule has 0 saturated carbocycles. The third-order valence-electron chi connectivity index (χ3n) is 3.14. The lowest BCUT2D eigenvalue weighted by Gasteiger charge is -2.05. The Hall–Kier alpha value is -2.47. The van der Waals surface area contributed by atoms with Crippen LogP contribution in [0, 0.1) is 12.7 Å². The van der Waals surface area contributed by atoms with Crippen LogP contribution in [-0.2, 0) is 0 Å². The first-order valence-electron chi connectivity index (χ1n) is 6.02. The molecule has 1 aromatic carbocycles. The SMILES string of the molecule is Cc1cccc(-c2nnc3c(Cl)cc(C(=O)O)cn23)c1F. The van der Waals surface area contributed by atoms with Crippen LogP contribution in [0.5, 0.6) is 0 Å². The molecule has 3 rings (SSSR count). The average molecular weight is 306 g/mol. The Bertz CT molecular complexity index is 876. The smallest absolute Gasteiger partial charge is 0.337 e. The predicted octanol–water partition coefficient (Wildman–Crippen LogP) is 3.20. The summed E-state index contributed by atoms with van der Waals surface area (Å²) in [4.78, 5) is 11.1. The molecule has 0 aliphatic heterocycles. The first kappa shape index (κ1) is 13.5. The summed E-state index contributed by atoms with van der Waals surface area (Å²) in [5, 5.41) is 17.0. The molecule has 7 heteroatoms. The van der Waals surface area contributed by atoms with E-state index in [-0.39, 0.29) is 27.6 Å². The van der Waals surface area contributed by atoms with Crippen molar-refractivity contribution in [3.63, 3.8) is 0 Å². The van der Waals surface area contributed by atoms with Gasteiger partial charge in [-0.25, -0.2) is 9.18 Å². The van der Waals surface area contributed by atoms with Crippen LogP contribution in [-0.4, -0.2) is 25.7 Å². The average Bonchev–Trinajstić information content (AvgIpc) is 2.86. The van der Waals surface area contributed by atoms with Gasteiger partial charge >= 0.3 is 5.97 Å². The Kier molecular flexibility index (Phi) is 3.10. The highest BCUT2D eigenvalue weighted by Gasteiger charge is 2.17. The topological polar surface area (TPSA) is 67.5 Å². The quantitative estimate of drug-likeness (QED) is 0.789. The molecule has 5 nitrogen and oxygen atoms in total. The van der Waals surface area contributed by atoms with Crippen molar-refractivity contribution in [2.24, 2.45) is 0 Å². The van der Waals surface area contributed by atoms with Gasteiger partial charge in [0.1, 0.15) is 5.82 Å². The maximum atomic E-state index is 14.2. The van der Waals surface area contributed by atoms with Gasteiger partial charge in [-0.3, -0.25) is 4.40 Å². The van der Waals surface area contributed by atoms with Crippen molar-refractivity contribution >= 4 is 23.2 Å². The Morgan fingerprint density at radius 3 is 2.86 bits per heavy atom. The van der Waals surface area contributed by atoms with E-state index in [2.05, 4.69) is 10.2 Å².